The van der Waals surface area contributed by atoms with Crippen LogP contribution >= 0.6 is 27.5 Å². The Morgan fingerprint density at radius 3 is 2.67 bits per heavy atom. The lowest BCUT2D eigenvalue weighted by Crippen LogP contribution is -2.38. The molecule has 33 heavy (non-hydrogen) atoms. The van der Waals surface area contributed by atoms with Crippen molar-refractivity contribution in [3.63, 3.8) is 0 Å². The summed E-state index contributed by atoms with van der Waals surface area (Å²) in [5.74, 6) is 1.77. The van der Waals surface area contributed by atoms with Crippen molar-refractivity contribution < 1.29 is 13.2 Å². The first-order valence-corrected chi connectivity index (χ1v) is 14.2. The molecule has 0 amide bonds. The van der Waals surface area contributed by atoms with Crippen molar-refractivity contribution in [2.75, 3.05) is 19.3 Å². The van der Waals surface area contributed by atoms with E-state index in [9.17, 15) is 8.42 Å². The Morgan fingerprint density at radius 1 is 1.21 bits per heavy atom. The molecule has 11 heteroatoms. The third-order valence-corrected chi connectivity index (χ3v) is 9.01. The molecule has 0 radical (unpaired) electrons. The Balaban J connectivity index is 1.35. The lowest BCUT2D eigenvalue weighted by atomic mass is 10.1. The van der Waals surface area contributed by atoms with Gasteiger partial charge in [-0.3, -0.25) is 4.90 Å². The fourth-order valence-corrected chi connectivity index (χ4v) is 6.00. The smallest absolute Gasteiger partial charge is 0.223 e. The summed E-state index contributed by atoms with van der Waals surface area (Å²) in [5, 5.41) is 8.92. The van der Waals surface area contributed by atoms with Crippen molar-refractivity contribution in [2.24, 2.45) is 5.92 Å². The monoisotopic (exact) mass is 553 g/mol. The van der Waals surface area contributed by atoms with Crippen molar-refractivity contribution in [1.82, 2.24) is 24.9 Å². The maximum absolute atomic E-state index is 11.9. The maximum Gasteiger partial charge on any atom is 0.223 e. The predicted molar refractivity (Wildman–Crippen MR) is 130 cm³/mol. The Hall–Kier alpha value is -1.75. The van der Waals surface area contributed by atoms with Gasteiger partial charge in [-0.1, -0.05) is 16.8 Å². The molecule has 0 bridgehead atoms. The van der Waals surface area contributed by atoms with Gasteiger partial charge in [-0.2, -0.15) is 0 Å². The van der Waals surface area contributed by atoms with Crippen molar-refractivity contribution in [3.8, 4) is 11.6 Å². The van der Waals surface area contributed by atoms with Crippen LogP contribution in [0.25, 0.3) is 11.0 Å². The number of fused-ring (bicyclic) bond motifs is 1. The molecule has 0 N–H and O–H groups in total. The SMILES string of the molecule is CS(=O)(=O)C1CCN(Cc2cc(Cl)cnc2Oc2ccc3c(nnn3CC3CC3)c2Br)CC1. The van der Waals surface area contributed by atoms with Gasteiger partial charge in [0.05, 0.1) is 20.3 Å². The van der Waals surface area contributed by atoms with E-state index in [4.69, 9.17) is 16.3 Å². The lowest BCUT2D eigenvalue weighted by molar-refractivity contribution is 0.219. The molecule has 1 aromatic carbocycles. The minimum Gasteiger partial charge on any atom is -0.437 e. The van der Waals surface area contributed by atoms with Gasteiger partial charge >= 0.3 is 0 Å². The molecule has 0 unspecified atom stereocenters. The number of piperidine rings is 1. The van der Waals surface area contributed by atoms with Crippen LogP contribution in [0.3, 0.4) is 0 Å². The molecule has 0 atom stereocenters. The van der Waals surface area contributed by atoms with E-state index in [1.807, 2.05) is 22.9 Å². The van der Waals surface area contributed by atoms with Gasteiger partial charge in [0.15, 0.2) is 0 Å². The first kappa shape index (κ1) is 23.0. The molecule has 1 aliphatic carbocycles. The summed E-state index contributed by atoms with van der Waals surface area (Å²) < 4.78 is 32.6. The van der Waals surface area contributed by atoms with Crippen molar-refractivity contribution in [3.05, 3.63) is 39.5 Å². The number of halogens is 2. The number of pyridine rings is 1. The molecule has 1 aliphatic heterocycles. The van der Waals surface area contributed by atoms with E-state index >= 15 is 0 Å². The topological polar surface area (TPSA) is 90.2 Å². The van der Waals surface area contributed by atoms with E-state index in [-0.39, 0.29) is 5.25 Å². The van der Waals surface area contributed by atoms with Crippen LogP contribution in [-0.4, -0.2) is 57.9 Å². The molecule has 3 heterocycles. The maximum atomic E-state index is 11.9. The second-order valence-corrected chi connectivity index (χ2v) is 12.5. The summed E-state index contributed by atoms with van der Waals surface area (Å²) in [6, 6.07) is 5.73. The number of ether oxygens (including phenoxy) is 1. The molecule has 2 aliphatic rings. The summed E-state index contributed by atoms with van der Waals surface area (Å²) in [7, 11) is -3.00. The normalized spacial score (nSPS) is 18.2. The zero-order valence-corrected chi connectivity index (χ0v) is 21.4. The summed E-state index contributed by atoms with van der Waals surface area (Å²) in [6.45, 7) is 2.87. The zero-order valence-electron chi connectivity index (χ0n) is 18.2. The fraction of sp³-hybridized carbons (Fsp3) is 0.500. The van der Waals surface area contributed by atoms with Crippen LogP contribution in [0, 0.1) is 5.92 Å². The molecule has 0 spiro atoms. The first-order chi connectivity index (χ1) is 15.8. The van der Waals surface area contributed by atoms with Crippen LogP contribution in [0.4, 0.5) is 0 Å². The van der Waals surface area contributed by atoms with Gasteiger partial charge in [0, 0.05) is 31.1 Å². The third-order valence-electron chi connectivity index (χ3n) is 6.35. The highest BCUT2D eigenvalue weighted by Gasteiger charge is 2.27. The lowest BCUT2D eigenvalue weighted by Gasteiger charge is -2.31. The molecule has 2 fully saturated rings. The number of hydrogen-bond donors (Lipinski definition) is 0. The second-order valence-electron chi connectivity index (χ2n) is 8.99. The number of sulfone groups is 1. The summed E-state index contributed by atoms with van der Waals surface area (Å²) in [6.07, 6.45) is 6.64. The molecule has 2 aromatic heterocycles. The molecule has 1 saturated heterocycles. The van der Waals surface area contributed by atoms with Crippen LogP contribution in [0.1, 0.15) is 31.2 Å². The molecule has 3 aromatic rings. The second kappa shape index (κ2) is 9.13. The van der Waals surface area contributed by atoms with Gasteiger partial charge in [-0.25, -0.2) is 18.1 Å². The standard InChI is InChI=1S/C22H25BrClN5O3S/c1-33(30,31)17-6-8-28(9-7-17)13-15-10-16(24)11-25-22(15)32-19-5-4-18-21(20(19)23)26-27-29(18)12-14-2-3-14/h4-5,10-11,14,17H,2-3,6-9,12-13H2,1H3. The molecular weight excluding hydrogens is 530 g/mol. The summed E-state index contributed by atoms with van der Waals surface area (Å²) >= 11 is 9.87. The Bertz CT molecular complexity index is 1290. The van der Waals surface area contributed by atoms with Gasteiger partial charge < -0.3 is 4.74 Å². The molecule has 5 rings (SSSR count). The minimum atomic E-state index is -3.00. The van der Waals surface area contributed by atoms with Crippen molar-refractivity contribution >= 4 is 48.4 Å². The average molecular weight is 555 g/mol. The molecule has 8 nitrogen and oxygen atoms in total. The highest BCUT2D eigenvalue weighted by atomic mass is 79.9. The van der Waals surface area contributed by atoms with E-state index in [2.05, 4.69) is 36.1 Å². The van der Waals surface area contributed by atoms with Gasteiger partial charge in [-0.05, 0) is 78.8 Å². The van der Waals surface area contributed by atoms with E-state index in [0.29, 0.717) is 55.0 Å². The number of likely N-dealkylation sites (tertiary alicyclic amines) is 1. The highest BCUT2D eigenvalue weighted by Crippen LogP contribution is 2.37. The largest absolute Gasteiger partial charge is 0.437 e. The summed E-state index contributed by atoms with van der Waals surface area (Å²) in [4.78, 5) is 6.64. The average Bonchev–Trinajstić information content (AvgIpc) is 3.49. The van der Waals surface area contributed by atoms with Crippen LogP contribution in [0.2, 0.25) is 5.02 Å². The van der Waals surface area contributed by atoms with Crippen LogP contribution < -0.4 is 4.74 Å². The molecule has 176 valence electrons. The first-order valence-electron chi connectivity index (χ1n) is 11.0. The van der Waals surface area contributed by atoms with Crippen LogP contribution in [0.5, 0.6) is 11.6 Å². The Morgan fingerprint density at radius 2 is 1.97 bits per heavy atom. The zero-order chi connectivity index (χ0) is 23.2. The molecular formula is C22H25BrClN5O3S. The van der Waals surface area contributed by atoms with Gasteiger partial charge in [0.1, 0.15) is 21.1 Å². The van der Waals surface area contributed by atoms with Crippen LogP contribution in [-0.2, 0) is 22.9 Å². The van der Waals surface area contributed by atoms with E-state index in [1.165, 1.54) is 19.1 Å². The quantitative estimate of drug-likeness (QED) is 0.426. The Kier molecular flexibility index (Phi) is 6.37. The van der Waals surface area contributed by atoms with E-state index < -0.39 is 9.84 Å². The molecule has 1 saturated carbocycles. The van der Waals surface area contributed by atoms with E-state index in [0.717, 1.165) is 27.6 Å². The van der Waals surface area contributed by atoms with Crippen molar-refractivity contribution in [2.45, 2.75) is 44.0 Å². The summed E-state index contributed by atoms with van der Waals surface area (Å²) in [5.41, 5.74) is 2.58. The third kappa shape index (κ3) is 5.18. The van der Waals surface area contributed by atoms with E-state index in [1.54, 1.807) is 6.20 Å². The Labute approximate surface area is 206 Å². The highest BCUT2D eigenvalue weighted by molar-refractivity contribution is 9.10. The fourth-order valence-electron chi connectivity index (χ4n) is 4.26. The number of hydrogen-bond acceptors (Lipinski definition) is 7. The van der Waals surface area contributed by atoms with Gasteiger partial charge in [0.2, 0.25) is 5.88 Å². The minimum absolute atomic E-state index is 0.266. The van der Waals surface area contributed by atoms with Gasteiger partial charge in [0.25, 0.3) is 0 Å². The van der Waals surface area contributed by atoms with Crippen LogP contribution in [0.15, 0.2) is 28.9 Å². The van der Waals surface area contributed by atoms with Crippen molar-refractivity contribution in [1.29, 1.82) is 0 Å². The number of benzene rings is 1. The number of aromatic nitrogens is 4. The number of nitrogens with zero attached hydrogens (tertiary/aromatic N) is 5. The predicted octanol–water partition coefficient (Wildman–Crippen LogP) is 4.45. The number of rotatable bonds is 7. The van der Waals surface area contributed by atoms with Gasteiger partial charge in [-0.15, -0.1) is 5.10 Å².